The summed E-state index contributed by atoms with van der Waals surface area (Å²) in [5.41, 5.74) is -0.433. The second kappa shape index (κ2) is 5.24. The average molecular weight is 284 g/mol. The van der Waals surface area contributed by atoms with E-state index in [1.54, 1.807) is 0 Å². The average Bonchev–Trinajstić information content (AvgIpc) is 2.35. The summed E-state index contributed by atoms with van der Waals surface area (Å²) in [4.78, 5) is 11.0. The van der Waals surface area contributed by atoms with Crippen molar-refractivity contribution in [3.8, 4) is 0 Å². The Morgan fingerprint density at radius 2 is 1.95 bits per heavy atom. The van der Waals surface area contributed by atoms with Crippen LogP contribution in [-0.2, 0) is 0 Å². The molecule has 2 aromatic rings. The smallest absolute Gasteiger partial charge is 0.337 e. The Kier molecular flexibility index (Phi) is 3.66. The number of nitrogens with one attached hydrogen (secondary N) is 1. The zero-order valence-corrected chi connectivity index (χ0v) is 10.2. The SMILES string of the molecule is O=C(O)c1cccc(F)c1Nc1cc(F)ccc1Cl. The molecule has 2 aromatic carbocycles. The molecular weight excluding hydrogens is 276 g/mol. The molecule has 0 aliphatic heterocycles. The lowest BCUT2D eigenvalue weighted by Gasteiger charge is -2.12. The molecule has 0 radical (unpaired) electrons. The molecule has 2 rings (SSSR count). The molecule has 0 spiro atoms. The summed E-state index contributed by atoms with van der Waals surface area (Å²) in [6.45, 7) is 0. The molecule has 2 N–H and O–H groups in total. The quantitative estimate of drug-likeness (QED) is 0.893. The fraction of sp³-hybridized carbons (Fsp3) is 0. The van der Waals surface area contributed by atoms with Crippen LogP contribution in [-0.4, -0.2) is 11.1 Å². The molecule has 3 nitrogen and oxygen atoms in total. The second-order valence-electron chi connectivity index (χ2n) is 3.72. The molecule has 6 heteroatoms. The van der Waals surface area contributed by atoms with Gasteiger partial charge in [0.05, 0.1) is 22.0 Å². The van der Waals surface area contributed by atoms with E-state index in [0.717, 1.165) is 18.2 Å². The molecule has 0 amide bonds. The molecule has 0 aliphatic carbocycles. The van der Waals surface area contributed by atoms with Crippen LogP contribution in [0.3, 0.4) is 0 Å². The van der Waals surface area contributed by atoms with Crippen LogP contribution in [0.5, 0.6) is 0 Å². The summed E-state index contributed by atoms with van der Waals surface area (Å²) in [7, 11) is 0. The van der Waals surface area contributed by atoms with E-state index >= 15 is 0 Å². The Morgan fingerprint density at radius 1 is 1.21 bits per heavy atom. The molecule has 19 heavy (non-hydrogen) atoms. The minimum absolute atomic E-state index is 0.0919. The Balaban J connectivity index is 2.49. The van der Waals surface area contributed by atoms with E-state index in [-0.39, 0.29) is 22.0 Å². The Morgan fingerprint density at radius 3 is 2.63 bits per heavy atom. The van der Waals surface area contributed by atoms with Crippen LogP contribution in [0.25, 0.3) is 0 Å². The lowest BCUT2D eigenvalue weighted by Crippen LogP contribution is -2.05. The zero-order chi connectivity index (χ0) is 14.0. The van der Waals surface area contributed by atoms with Crippen molar-refractivity contribution in [2.45, 2.75) is 0 Å². The Bertz CT molecular complexity index is 647. The molecular formula is C13H8ClF2NO2. The number of aromatic carboxylic acids is 1. The minimum atomic E-state index is -1.30. The maximum atomic E-state index is 13.7. The largest absolute Gasteiger partial charge is 0.478 e. The first-order valence-electron chi connectivity index (χ1n) is 5.23. The number of hydrogen-bond donors (Lipinski definition) is 2. The van der Waals surface area contributed by atoms with Gasteiger partial charge in [-0.2, -0.15) is 0 Å². The van der Waals surface area contributed by atoms with Crippen molar-refractivity contribution < 1.29 is 18.7 Å². The lowest BCUT2D eigenvalue weighted by atomic mass is 10.1. The van der Waals surface area contributed by atoms with Crippen LogP contribution in [0.4, 0.5) is 20.2 Å². The van der Waals surface area contributed by atoms with Crippen molar-refractivity contribution in [3.63, 3.8) is 0 Å². The van der Waals surface area contributed by atoms with Crippen molar-refractivity contribution in [1.29, 1.82) is 0 Å². The van der Waals surface area contributed by atoms with Crippen LogP contribution in [0.1, 0.15) is 10.4 Å². The summed E-state index contributed by atoms with van der Waals surface area (Å²) in [5, 5.41) is 11.6. The standard InChI is InChI=1S/C13H8ClF2NO2/c14-9-5-4-7(15)6-11(9)17-12-8(13(18)19)2-1-3-10(12)16/h1-6,17H,(H,18,19). The number of rotatable bonds is 3. The van der Waals surface area contributed by atoms with E-state index in [1.165, 1.54) is 18.2 Å². The third kappa shape index (κ3) is 2.82. The van der Waals surface area contributed by atoms with Gasteiger partial charge in [-0.05, 0) is 30.3 Å². The third-order valence-electron chi connectivity index (χ3n) is 2.43. The van der Waals surface area contributed by atoms with E-state index in [1.807, 2.05) is 0 Å². The van der Waals surface area contributed by atoms with Gasteiger partial charge in [0.25, 0.3) is 0 Å². The van der Waals surface area contributed by atoms with E-state index in [4.69, 9.17) is 16.7 Å². The normalized spacial score (nSPS) is 10.3. The summed E-state index contributed by atoms with van der Waals surface area (Å²) in [5.74, 6) is -2.63. The van der Waals surface area contributed by atoms with Crippen molar-refractivity contribution in [2.24, 2.45) is 0 Å². The molecule has 0 aromatic heterocycles. The van der Waals surface area contributed by atoms with Gasteiger partial charge in [-0.15, -0.1) is 0 Å². The van der Waals surface area contributed by atoms with Gasteiger partial charge in [0.15, 0.2) is 0 Å². The highest BCUT2D eigenvalue weighted by Gasteiger charge is 2.15. The highest BCUT2D eigenvalue weighted by Crippen LogP contribution is 2.29. The van der Waals surface area contributed by atoms with Gasteiger partial charge in [-0.1, -0.05) is 17.7 Å². The topological polar surface area (TPSA) is 49.3 Å². The number of halogens is 3. The maximum absolute atomic E-state index is 13.7. The van der Waals surface area contributed by atoms with Gasteiger partial charge < -0.3 is 10.4 Å². The molecule has 0 heterocycles. The van der Waals surface area contributed by atoms with Crippen molar-refractivity contribution in [3.05, 3.63) is 58.6 Å². The number of carboxylic acids is 1. The van der Waals surface area contributed by atoms with Crippen LogP contribution in [0.2, 0.25) is 5.02 Å². The predicted octanol–water partition coefficient (Wildman–Crippen LogP) is 4.06. The van der Waals surface area contributed by atoms with E-state index in [2.05, 4.69) is 5.32 Å². The van der Waals surface area contributed by atoms with Gasteiger partial charge in [-0.3, -0.25) is 0 Å². The van der Waals surface area contributed by atoms with Crippen LogP contribution < -0.4 is 5.32 Å². The Hall–Kier alpha value is -2.14. The van der Waals surface area contributed by atoms with E-state index < -0.39 is 17.6 Å². The number of carboxylic acid groups (broad SMARTS) is 1. The van der Waals surface area contributed by atoms with Gasteiger partial charge in [0.1, 0.15) is 11.6 Å². The third-order valence-corrected chi connectivity index (χ3v) is 2.76. The highest BCUT2D eigenvalue weighted by molar-refractivity contribution is 6.33. The summed E-state index contributed by atoms with van der Waals surface area (Å²) in [6, 6.07) is 7.11. The zero-order valence-electron chi connectivity index (χ0n) is 9.45. The molecule has 0 saturated heterocycles. The molecule has 0 atom stereocenters. The van der Waals surface area contributed by atoms with Crippen molar-refractivity contribution in [2.75, 3.05) is 5.32 Å². The van der Waals surface area contributed by atoms with E-state index in [0.29, 0.717) is 0 Å². The molecule has 0 fully saturated rings. The van der Waals surface area contributed by atoms with Crippen LogP contribution in [0, 0.1) is 11.6 Å². The number of para-hydroxylation sites is 1. The van der Waals surface area contributed by atoms with Gasteiger partial charge in [0.2, 0.25) is 0 Å². The molecule has 0 aliphatic rings. The first kappa shape index (κ1) is 13.3. The lowest BCUT2D eigenvalue weighted by molar-refractivity contribution is 0.0697. The number of anilines is 2. The fourth-order valence-electron chi connectivity index (χ4n) is 1.56. The van der Waals surface area contributed by atoms with Gasteiger partial charge in [0, 0.05) is 0 Å². The summed E-state index contributed by atoms with van der Waals surface area (Å²) >= 11 is 5.83. The van der Waals surface area contributed by atoms with E-state index in [9.17, 15) is 13.6 Å². The number of hydrogen-bond acceptors (Lipinski definition) is 2. The first-order valence-corrected chi connectivity index (χ1v) is 5.60. The van der Waals surface area contributed by atoms with Crippen molar-refractivity contribution in [1.82, 2.24) is 0 Å². The number of carbonyl (C=O) groups is 1. The first-order chi connectivity index (χ1) is 8.99. The van der Waals surface area contributed by atoms with Gasteiger partial charge in [-0.25, -0.2) is 13.6 Å². The molecule has 0 unspecified atom stereocenters. The van der Waals surface area contributed by atoms with Crippen molar-refractivity contribution >= 4 is 28.9 Å². The maximum Gasteiger partial charge on any atom is 0.337 e. The highest BCUT2D eigenvalue weighted by atomic mass is 35.5. The molecule has 0 bridgehead atoms. The van der Waals surface area contributed by atoms with Crippen LogP contribution >= 0.6 is 11.6 Å². The van der Waals surface area contributed by atoms with Crippen LogP contribution in [0.15, 0.2) is 36.4 Å². The monoisotopic (exact) mass is 283 g/mol. The fourth-order valence-corrected chi connectivity index (χ4v) is 1.72. The summed E-state index contributed by atoms with van der Waals surface area (Å²) in [6.07, 6.45) is 0. The summed E-state index contributed by atoms with van der Waals surface area (Å²) < 4.78 is 26.8. The number of benzene rings is 2. The predicted molar refractivity (Wildman–Crippen MR) is 68.1 cm³/mol. The minimum Gasteiger partial charge on any atom is -0.478 e. The van der Waals surface area contributed by atoms with Gasteiger partial charge >= 0.3 is 5.97 Å². The molecule has 98 valence electrons. The Labute approximate surface area is 112 Å². The molecule has 0 saturated carbocycles. The second-order valence-corrected chi connectivity index (χ2v) is 4.12.